The minimum absolute atomic E-state index is 0.0687. The molecular weight excluding hydrogens is 344 g/mol. The molecule has 0 unspecified atom stereocenters. The first kappa shape index (κ1) is 17.3. The summed E-state index contributed by atoms with van der Waals surface area (Å²) >= 11 is 0. The molecule has 0 aromatic heterocycles. The fraction of sp³-hybridized carbons (Fsp3) is 0.278. The summed E-state index contributed by atoms with van der Waals surface area (Å²) in [5.74, 6) is 0.232. The van der Waals surface area contributed by atoms with Crippen molar-refractivity contribution in [2.24, 2.45) is 0 Å². The van der Waals surface area contributed by atoms with Crippen molar-refractivity contribution in [2.75, 3.05) is 6.26 Å². The Kier molecular flexibility index (Phi) is 3.99. The van der Waals surface area contributed by atoms with Gasteiger partial charge in [0.2, 0.25) is 0 Å². The summed E-state index contributed by atoms with van der Waals surface area (Å²) in [4.78, 5) is 11.5. The zero-order valence-electron chi connectivity index (χ0n) is 14.1. The van der Waals surface area contributed by atoms with Gasteiger partial charge in [-0.15, -0.1) is 0 Å². The fourth-order valence-corrected chi connectivity index (χ4v) is 3.37. The Morgan fingerprint density at radius 1 is 1.20 bits per heavy atom. The number of carbonyl (C=O) groups is 1. The predicted molar refractivity (Wildman–Crippen MR) is 91.4 cm³/mol. The monoisotopic (exact) mass is 362 g/mol. The summed E-state index contributed by atoms with van der Waals surface area (Å²) in [6.07, 6.45) is 1.71. The lowest BCUT2D eigenvalue weighted by Crippen LogP contribution is -2.24. The highest BCUT2D eigenvalue weighted by atomic mass is 32.2. The van der Waals surface area contributed by atoms with Crippen LogP contribution in [0.2, 0.25) is 0 Å². The van der Waals surface area contributed by atoms with E-state index in [9.17, 15) is 18.3 Å². The van der Waals surface area contributed by atoms with Crippen LogP contribution in [0, 0.1) is 0 Å². The molecule has 1 heterocycles. The second-order valence-corrected chi connectivity index (χ2v) is 8.66. The molecule has 0 atom stereocenters. The Labute approximate surface area is 145 Å². The molecule has 0 saturated carbocycles. The highest BCUT2D eigenvalue weighted by Crippen LogP contribution is 2.42. The summed E-state index contributed by atoms with van der Waals surface area (Å²) in [5.41, 5.74) is 0.416. The van der Waals surface area contributed by atoms with Crippen molar-refractivity contribution in [3.8, 4) is 17.2 Å². The molecule has 0 amide bonds. The highest BCUT2D eigenvalue weighted by molar-refractivity contribution is 7.90. The van der Waals surface area contributed by atoms with Gasteiger partial charge in [0.15, 0.2) is 9.84 Å². The summed E-state index contributed by atoms with van der Waals surface area (Å²) in [5, 5.41) is 9.28. The lowest BCUT2D eigenvalue weighted by Gasteiger charge is -2.16. The van der Waals surface area contributed by atoms with Crippen LogP contribution in [-0.2, 0) is 16.3 Å². The van der Waals surface area contributed by atoms with Crippen LogP contribution >= 0.6 is 0 Å². The van der Waals surface area contributed by atoms with E-state index in [-0.39, 0.29) is 10.5 Å². The molecule has 6 nitrogen and oxygen atoms in total. The first-order valence-corrected chi connectivity index (χ1v) is 9.51. The number of hydrogen-bond donors (Lipinski definition) is 1. The van der Waals surface area contributed by atoms with Crippen LogP contribution in [0.4, 0.5) is 0 Å². The lowest BCUT2D eigenvalue weighted by atomic mass is 10.00. The van der Waals surface area contributed by atoms with Crippen molar-refractivity contribution in [1.29, 1.82) is 0 Å². The summed E-state index contributed by atoms with van der Waals surface area (Å²) in [7, 11) is -3.29. The maximum atomic E-state index is 11.5. The third-order valence-electron chi connectivity index (χ3n) is 3.88. The Morgan fingerprint density at radius 2 is 1.84 bits per heavy atom. The van der Waals surface area contributed by atoms with Crippen LogP contribution < -0.4 is 9.47 Å². The maximum Gasteiger partial charge on any atom is 0.335 e. The van der Waals surface area contributed by atoms with Gasteiger partial charge in [0.1, 0.15) is 22.8 Å². The van der Waals surface area contributed by atoms with Crippen molar-refractivity contribution >= 4 is 15.8 Å². The van der Waals surface area contributed by atoms with Crippen molar-refractivity contribution in [3.05, 3.63) is 47.5 Å². The molecule has 0 bridgehead atoms. The molecule has 0 saturated heterocycles. The van der Waals surface area contributed by atoms with E-state index < -0.39 is 21.4 Å². The molecule has 1 N–H and O–H groups in total. The van der Waals surface area contributed by atoms with Crippen LogP contribution in [0.25, 0.3) is 0 Å². The van der Waals surface area contributed by atoms with E-state index >= 15 is 0 Å². The minimum Gasteiger partial charge on any atom is -0.487 e. The van der Waals surface area contributed by atoms with Gasteiger partial charge < -0.3 is 14.6 Å². The molecule has 1 aliphatic rings. The number of aromatic carboxylic acids is 1. The smallest absolute Gasteiger partial charge is 0.335 e. The highest BCUT2D eigenvalue weighted by Gasteiger charge is 2.33. The molecule has 3 rings (SSSR count). The molecule has 2 aromatic rings. The van der Waals surface area contributed by atoms with Gasteiger partial charge in [-0.3, -0.25) is 0 Å². The average molecular weight is 362 g/mol. The number of carboxylic acid groups (broad SMARTS) is 1. The van der Waals surface area contributed by atoms with Gasteiger partial charge in [-0.1, -0.05) is 0 Å². The molecule has 2 aromatic carbocycles. The Morgan fingerprint density at radius 3 is 2.40 bits per heavy atom. The lowest BCUT2D eigenvalue weighted by molar-refractivity contribution is 0.0695. The molecule has 0 fully saturated rings. The number of fused-ring (bicyclic) bond motifs is 1. The molecule has 1 aliphatic heterocycles. The predicted octanol–water partition coefficient (Wildman–Crippen LogP) is 3.29. The topological polar surface area (TPSA) is 89.9 Å². The zero-order chi connectivity index (χ0) is 18.4. The molecule has 0 radical (unpaired) electrons. The summed E-state index contributed by atoms with van der Waals surface area (Å²) < 4.78 is 34.7. The van der Waals surface area contributed by atoms with Crippen molar-refractivity contribution in [2.45, 2.75) is 30.8 Å². The molecule has 25 heavy (non-hydrogen) atoms. The minimum atomic E-state index is -3.29. The van der Waals surface area contributed by atoms with Gasteiger partial charge >= 0.3 is 5.97 Å². The van der Waals surface area contributed by atoms with Gasteiger partial charge in [-0.05, 0) is 50.2 Å². The van der Waals surface area contributed by atoms with Crippen LogP contribution in [0.5, 0.6) is 17.2 Å². The standard InChI is InChI=1S/C18H18O6S/c1-18(2)10-14-15(8-11(17(19)20)9-16(14)24-18)23-12-4-6-13(7-5-12)25(3,21)22/h4-9H,10H2,1-3H3,(H,19,20). The van der Waals surface area contributed by atoms with Crippen LogP contribution in [0.1, 0.15) is 29.8 Å². The first-order chi connectivity index (χ1) is 11.5. The van der Waals surface area contributed by atoms with Gasteiger partial charge in [-0.2, -0.15) is 0 Å². The third-order valence-corrected chi connectivity index (χ3v) is 5.01. The van der Waals surface area contributed by atoms with Crippen molar-refractivity contribution in [3.63, 3.8) is 0 Å². The number of carboxylic acids is 1. The summed E-state index contributed by atoms with van der Waals surface area (Å²) in [6, 6.07) is 8.93. The van der Waals surface area contributed by atoms with E-state index in [0.29, 0.717) is 23.7 Å². The van der Waals surface area contributed by atoms with Crippen molar-refractivity contribution in [1.82, 2.24) is 0 Å². The quantitative estimate of drug-likeness (QED) is 0.897. The third kappa shape index (κ3) is 3.61. The van der Waals surface area contributed by atoms with Gasteiger partial charge in [0.25, 0.3) is 0 Å². The molecular formula is C18H18O6S. The Hall–Kier alpha value is -2.54. The van der Waals surface area contributed by atoms with E-state index in [4.69, 9.17) is 9.47 Å². The average Bonchev–Trinajstić information content (AvgIpc) is 2.81. The zero-order valence-corrected chi connectivity index (χ0v) is 14.9. The fourth-order valence-electron chi connectivity index (χ4n) is 2.74. The first-order valence-electron chi connectivity index (χ1n) is 7.62. The number of benzene rings is 2. The molecule has 7 heteroatoms. The van der Waals surface area contributed by atoms with Crippen LogP contribution in [0.15, 0.2) is 41.3 Å². The number of ether oxygens (including phenoxy) is 2. The Balaban J connectivity index is 1.99. The second kappa shape index (κ2) is 5.77. The normalized spacial score (nSPS) is 15.3. The largest absolute Gasteiger partial charge is 0.487 e. The molecule has 0 spiro atoms. The number of sulfone groups is 1. The van der Waals surface area contributed by atoms with Gasteiger partial charge in [0, 0.05) is 18.2 Å². The molecule has 0 aliphatic carbocycles. The van der Waals surface area contributed by atoms with E-state index in [2.05, 4.69) is 0 Å². The maximum absolute atomic E-state index is 11.5. The Bertz CT molecular complexity index is 942. The van der Waals surface area contributed by atoms with Gasteiger partial charge in [-0.25, -0.2) is 13.2 Å². The number of hydrogen-bond acceptors (Lipinski definition) is 5. The number of rotatable bonds is 4. The van der Waals surface area contributed by atoms with Crippen molar-refractivity contribution < 1.29 is 27.8 Å². The van der Waals surface area contributed by atoms with Crippen LogP contribution in [-0.4, -0.2) is 31.4 Å². The SMILES string of the molecule is CC1(C)Cc2c(Oc3ccc(S(C)(=O)=O)cc3)cc(C(=O)O)cc2O1. The second-order valence-electron chi connectivity index (χ2n) is 6.64. The van der Waals surface area contributed by atoms with Gasteiger partial charge in [0.05, 0.1) is 10.5 Å². The van der Waals surface area contributed by atoms with E-state index in [1.807, 2.05) is 13.8 Å². The van der Waals surface area contributed by atoms with Crippen LogP contribution in [0.3, 0.4) is 0 Å². The molecule has 132 valence electrons. The summed E-state index contributed by atoms with van der Waals surface area (Å²) in [6.45, 7) is 3.83. The van der Waals surface area contributed by atoms with E-state index in [0.717, 1.165) is 11.8 Å². The van der Waals surface area contributed by atoms with E-state index in [1.54, 1.807) is 0 Å². The van der Waals surface area contributed by atoms with E-state index in [1.165, 1.54) is 36.4 Å².